The van der Waals surface area contributed by atoms with E-state index in [0.29, 0.717) is 18.6 Å². The largest absolute Gasteiger partial charge is 0.427 e. The van der Waals surface area contributed by atoms with Crippen LogP contribution in [0.1, 0.15) is 70.9 Å². The Kier molecular flexibility index (Phi) is 13.5. The Morgan fingerprint density at radius 2 is 1.33 bits per heavy atom. The summed E-state index contributed by atoms with van der Waals surface area (Å²) in [4.78, 5) is 45.6. The summed E-state index contributed by atoms with van der Waals surface area (Å²) in [5.74, 6) is -0.861. The van der Waals surface area contributed by atoms with Crippen LogP contribution in [0.15, 0.2) is 60.7 Å². The maximum absolute atomic E-state index is 11.8. The second-order valence-electron chi connectivity index (χ2n) is 7.22. The number of amides is 1. The predicted molar refractivity (Wildman–Crippen MR) is 125 cm³/mol. The molecule has 2 rings (SSSR count). The van der Waals surface area contributed by atoms with Crippen molar-refractivity contribution in [3.05, 3.63) is 66.2 Å². The lowest BCUT2D eigenvalue weighted by atomic mass is 10.0. The third kappa shape index (κ3) is 12.2. The third-order valence-electron chi connectivity index (χ3n) is 4.33. The van der Waals surface area contributed by atoms with E-state index in [4.69, 9.17) is 4.74 Å². The van der Waals surface area contributed by atoms with Gasteiger partial charge in [-0.05, 0) is 30.5 Å². The summed E-state index contributed by atoms with van der Waals surface area (Å²) in [5, 5.41) is 2.81. The highest BCUT2D eigenvalue weighted by Gasteiger charge is 2.20. The van der Waals surface area contributed by atoms with Gasteiger partial charge in [0.15, 0.2) is 0 Å². The van der Waals surface area contributed by atoms with E-state index in [0.717, 1.165) is 18.4 Å². The molecule has 0 bridgehead atoms. The number of carbonyl (C=O) groups is 4. The van der Waals surface area contributed by atoms with Crippen LogP contribution in [0.2, 0.25) is 0 Å². The second kappa shape index (κ2) is 16.2. The second-order valence-corrected chi connectivity index (χ2v) is 7.22. The molecule has 0 aliphatic heterocycles. The van der Waals surface area contributed by atoms with E-state index in [9.17, 15) is 19.2 Å². The molecule has 2 aromatic rings. The zero-order valence-corrected chi connectivity index (χ0v) is 19.5. The summed E-state index contributed by atoms with van der Waals surface area (Å²) in [7, 11) is 0. The number of para-hydroxylation sites is 1. The molecule has 178 valence electrons. The lowest BCUT2D eigenvalue weighted by molar-refractivity contribution is -0.159. The van der Waals surface area contributed by atoms with Gasteiger partial charge in [0.1, 0.15) is 5.75 Å². The van der Waals surface area contributed by atoms with Gasteiger partial charge in [-0.2, -0.15) is 0 Å². The molecule has 0 aliphatic rings. The van der Waals surface area contributed by atoms with Crippen molar-refractivity contribution in [2.24, 2.45) is 0 Å². The van der Waals surface area contributed by atoms with E-state index in [1.165, 1.54) is 0 Å². The van der Waals surface area contributed by atoms with E-state index in [1.54, 1.807) is 19.1 Å². The predicted octanol–water partition coefficient (Wildman–Crippen LogP) is 4.91. The van der Waals surface area contributed by atoms with E-state index >= 15 is 0 Å². The maximum atomic E-state index is 11.8. The monoisotopic (exact) mass is 455 g/mol. The Morgan fingerprint density at radius 1 is 0.758 bits per heavy atom. The van der Waals surface area contributed by atoms with Crippen molar-refractivity contribution in [1.82, 2.24) is 5.32 Å². The summed E-state index contributed by atoms with van der Waals surface area (Å²) in [6.45, 7) is 5.48. The number of rotatable bonds is 10. The van der Waals surface area contributed by atoms with Crippen molar-refractivity contribution in [2.45, 2.75) is 65.3 Å². The van der Waals surface area contributed by atoms with E-state index in [-0.39, 0.29) is 24.7 Å². The quantitative estimate of drug-likeness (QED) is 0.311. The minimum atomic E-state index is -0.632. The van der Waals surface area contributed by atoms with Crippen molar-refractivity contribution < 1.29 is 28.7 Å². The molecule has 1 N–H and O–H groups in total. The van der Waals surface area contributed by atoms with Gasteiger partial charge in [-0.3, -0.25) is 19.2 Å². The minimum Gasteiger partial charge on any atom is -0.427 e. The number of hydrogen-bond acceptors (Lipinski definition) is 6. The average Bonchev–Trinajstić information content (AvgIpc) is 2.80. The average molecular weight is 456 g/mol. The summed E-state index contributed by atoms with van der Waals surface area (Å²) in [5.41, 5.74) is 0.808. The van der Waals surface area contributed by atoms with Gasteiger partial charge >= 0.3 is 17.9 Å². The molecule has 7 nitrogen and oxygen atoms in total. The zero-order valence-electron chi connectivity index (χ0n) is 19.5. The Balaban J connectivity index is 0.000000383. The lowest BCUT2D eigenvalue weighted by Gasteiger charge is -2.18. The van der Waals surface area contributed by atoms with E-state index < -0.39 is 18.0 Å². The van der Waals surface area contributed by atoms with Crippen LogP contribution in [0.25, 0.3) is 0 Å². The van der Waals surface area contributed by atoms with Crippen molar-refractivity contribution in [3.63, 3.8) is 0 Å². The van der Waals surface area contributed by atoms with Crippen LogP contribution in [0.3, 0.4) is 0 Å². The molecule has 0 saturated heterocycles. The van der Waals surface area contributed by atoms with Crippen LogP contribution < -0.4 is 10.1 Å². The highest BCUT2D eigenvalue weighted by molar-refractivity contribution is 5.86. The summed E-state index contributed by atoms with van der Waals surface area (Å²) >= 11 is 0. The molecule has 0 fully saturated rings. The molecule has 2 aromatic carbocycles. The topological polar surface area (TPSA) is 98.8 Å². The normalized spacial score (nSPS) is 10.8. The molecule has 0 heterocycles. The van der Waals surface area contributed by atoms with E-state index in [1.807, 2.05) is 62.4 Å². The van der Waals surface area contributed by atoms with Gasteiger partial charge in [-0.15, -0.1) is 0 Å². The number of ether oxygens (including phenoxy) is 2. The van der Waals surface area contributed by atoms with Crippen LogP contribution in [0.4, 0.5) is 0 Å². The fourth-order valence-corrected chi connectivity index (χ4v) is 2.71. The van der Waals surface area contributed by atoms with Crippen molar-refractivity contribution in [3.8, 4) is 5.75 Å². The van der Waals surface area contributed by atoms with Crippen molar-refractivity contribution in [1.29, 1.82) is 0 Å². The Labute approximate surface area is 195 Å². The molecule has 1 unspecified atom stereocenters. The first kappa shape index (κ1) is 27.6. The van der Waals surface area contributed by atoms with Crippen LogP contribution in [-0.2, 0) is 23.9 Å². The summed E-state index contributed by atoms with van der Waals surface area (Å²) < 4.78 is 9.68. The highest BCUT2D eigenvalue weighted by Crippen LogP contribution is 2.18. The Bertz CT molecular complexity index is 867. The van der Waals surface area contributed by atoms with Crippen LogP contribution in [0, 0.1) is 0 Å². The first-order chi connectivity index (χ1) is 15.9. The molecule has 0 spiro atoms. The Morgan fingerprint density at radius 3 is 1.88 bits per heavy atom. The fourth-order valence-electron chi connectivity index (χ4n) is 2.71. The molecular formula is C26H33NO6. The Hall–Kier alpha value is -3.48. The van der Waals surface area contributed by atoms with Gasteiger partial charge in [-0.1, -0.05) is 69.3 Å². The maximum Gasteiger partial charge on any atom is 0.315 e. The molecule has 1 atom stereocenters. The summed E-state index contributed by atoms with van der Waals surface area (Å²) in [6.07, 6.45) is 2.51. The molecule has 0 aliphatic carbocycles. The van der Waals surface area contributed by atoms with Crippen LogP contribution >= 0.6 is 0 Å². The zero-order chi connectivity index (χ0) is 24.5. The number of nitrogens with one attached hydrogen (secondary N) is 1. The van der Waals surface area contributed by atoms with Crippen LogP contribution in [-0.4, -0.2) is 23.8 Å². The first-order valence-corrected chi connectivity index (χ1v) is 11.2. The number of hydrogen-bond donors (Lipinski definition) is 1. The van der Waals surface area contributed by atoms with Gasteiger partial charge in [0.2, 0.25) is 5.91 Å². The third-order valence-corrected chi connectivity index (χ3v) is 4.33. The minimum absolute atomic E-state index is 0.0643. The van der Waals surface area contributed by atoms with Gasteiger partial charge in [0.05, 0.1) is 12.5 Å². The molecule has 33 heavy (non-hydrogen) atoms. The SMILES string of the molecule is CCCC(=O)NC(CC(=O)OC(=O)CC)c1ccccc1.CCCC(=O)Oc1ccccc1. The first-order valence-electron chi connectivity index (χ1n) is 11.2. The van der Waals surface area contributed by atoms with Crippen molar-refractivity contribution >= 4 is 23.8 Å². The van der Waals surface area contributed by atoms with Crippen molar-refractivity contribution in [2.75, 3.05) is 0 Å². The fraction of sp³-hybridized carbons (Fsp3) is 0.385. The standard InChI is InChI=1S/C16H21NO4.C10H12O2/c1-3-8-14(18)17-13(12-9-6-5-7-10-12)11-16(20)21-15(19)4-2;1-2-6-10(11)12-9-7-4-3-5-8-9/h5-7,9-10,13H,3-4,8,11H2,1-2H3,(H,17,18);3-5,7-8H,2,6H2,1H3. The van der Waals surface area contributed by atoms with Gasteiger partial charge in [-0.25, -0.2) is 0 Å². The van der Waals surface area contributed by atoms with E-state index in [2.05, 4.69) is 10.1 Å². The number of benzene rings is 2. The molecule has 1 amide bonds. The number of carbonyl (C=O) groups excluding carboxylic acids is 4. The molecule has 7 heteroatoms. The molecule has 0 radical (unpaired) electrons. The van der Waals surface area contributed by atoms with Crippen LogP contribution in [0.5, 0.6) is 5.75 Å². The van der Waals surface area contributed by atoms with Gasteiger partial charge in [0.25, 0.3) is 0 Å². The smallest absolute Gasteiger partial charge is 0.315 e. The molecule has 0 saturated carbocycles. The number of esters is 3. The van der Waals surface area contributed by atoms with Gasteiger partial charge < -0.3 is 14.8 Å². The molecular weight excluding hydrogens is 422 g/mol. The van der Waals surface area contributed by atoms with Gasteiger partial charge in [0, 0.05) is 19.3 Å². The lowest BCUT2D eigenvalue weighted by Crippen LogP contribution is -2.30. The molecule has 0 aromatic heterocycles. The highest BCUT2D eigenvalue weighted by atomic mass is 16.6. The summed E-state index contributed by atoms with van der Waals surface area (Å²) in [6, 6.07) is 17.8.